The Kier molecular flexibility index (Phi) is 5.28. The van der Waals surface area contributed by atoms with Crippen molar-refractivity contribution in [2.45, 2.75) is 20.0 Å². The standard InChI is InChI=1S/C17H14F2N2O3S2/c1-8(22)14-10(18)4-5-12(15(14)19)24-9(2)16-21-11(7-25-16)13-6-20-17(23-3)26-13/h4-7,9H,1-3H3. The lowest BCUT2D eigenvalue weighted by molar-refractivity contribution is 0.100. The van der Waals surface area contributed by atoms with Gasteiger partial charge in [0.25, 0.3) is 5.19 Å². The third-order valence-corrected chi connectivity index (χ3v) is 5.48. The number of carbonyl (C=O) groups is 1. The van der Waals surface area contributed by atoms with Crippen LogP contribution in [0.4, 0.5) is 8.78 Å². The van der Waals surface area contributed by atoms with E-state index < -0.39 is 29.1 Å². The fourth-order valence-corrected chi connectivity index (χ4v) is 3.82. The number of carbonyl (C=O) groups excluding carboxylic acids is 1. The Bertz CT molecular complexity index is 955. The van der Waals surface area contributed by atoms with Gasteiger partial charge in [-0.3, -0.25) is 4.79 Å². The molecule has 3 rings (SSSR count). The number of hydrogen-bond acceptors (Lipinski definition) is 7. The lowest BCUT2D eigenvalue weighted by Gasteiger charge is -2.14. The summed E-state index contributed by atoms with van der Waals surface area (Å²) in [4.78, 5) is 20.8. The zero-order chi connectivity index (χ0) is 18.8. The fraction of sp³-hybridized carbons (Fsp3) is 0.235. The molecule has 1 unspecified atom stereocenters. The average molecular weight is 396 g/mol. The summed E-state index contributed by atoms with van der Waals surface area (Å²) < 4.78 is 38.6. The molecule has 0 saturated carbocycles. The van der Waals surface area contributed by atoms with Gasteiger partial charge in [0, 0.05) is 5.38 Å². The van der Waals surface area contributed by atoms with Gasteiger partial charge in [0.1, 0.15) is 16.9 Å². The van der Waals surface area contributed by atoms with Crippen molar-refractivity contribution in [1.82, 2.24) is 9.97 Å². The molecule has 5 nitrogen and oxygen atoms in total. The smallest absolute Gasteiger partial charge is 0.273 e. The van der Waals surface area contributed by atoms with Crippen LogP contribution in [0.1, 0.15) is 35.3 Å². The van der Waals surface area contributed by atoms with Crippen molar-refractivity contribution in [3.05, 3.63) is 45.9 Å². The van der Waals surface area contributed by atoms with Gasteiger partial charge in [0.05, 0.1) is 29.4 Å². The average Bonchev–Trinajstić information content (AvgIpc) is 3.25. The minimum absolute atomic E-state index is 0.194. The summed E-state index contributed by atoms with van der Waals surface area (Å²) in [6.07, 6.45) is 1.08. The second kappa shape index (κ2) is 7.46. The molecule has 0 aliphatic rings. The first-order valence-corrected chi connectivity index (χ1v) is 9.21. The fourth-order valence-electron chi connectivity index (χ4n) is 2.25. The molecule has 2 aromatic heterocycles. The molecule has 9 heteroatoms. The Balaban J connectivity index is 1.82. The first-order chi connectivity index (χ1) is 12.4. The Hall–Kier alpha value is -2.39. The molecule has 0 amide bonds. The number of nitrogens with zero attached hydrogens (tertiary/aromatic N) is 2. The van der Waals surface area contributed by atoms with E-state index in [1.165, 1.54) is 29.8 Å². The van der Waals surface area contributed by atoms with Crippen LogP contribution in [0.2, 0.25) is 0 Å². The van der Waals surface area contributed by atoms with Gasteiger partial charge in [-0.15, -0.1) is 11.3 Å². The van der Waals surface area contributed by atoms with Crippen molar-refractivity contribution < 1.29 is 23.0 Å². The highest BCUT2D eigenvalue weighted by Gasteiger charge is 2.21. The molecule has 3 aromatic rings. The second-order valence-electron chi connectivity index (χ2n) is 5.32. The molecule has 2 heterocycles. The summed E-state index contributed by atoms with van der Waals surface area (Å²) in [7, 11) is 1.54. The molecular formula is C17H14F2N2O3S2. The molecule has 1 aromatic carbocycles. The molecule has 26 heavy (non-hydrogen) atoms. The van der Waals surface area contributed by atoms with E-state index in [-0.39, 0.29) is 5.75 Å². The maximum Gasteiger partial charge on any atom is 0.273 e. The van der Waals surface area contributed by atoms with Crippen LogP contribution in [0.5, 0.6) is 10.9 Å². The first kappa shape index (κ1) is 18.4. The van der Waals surface area contributed by atoms with Crippen LogP contribution in [-0.2, 0) is 0 Å². The molecule has 0 bridgehead atoms. The highest BCUT2D eigenvalue weighted by Crippen LogP contribution is 2.34. The minimum Gasteiger partial charge on any atom is -0.480 e. The number of rotatable bonds is 6. The van der Waals surface area contributed by atoms with Crippen LogP contribution in [0.3, 0.4) is 0 Å². The van der Waals surface area contributed by atoms with E-state index in [1.54, 1.807) is 13.1 Å². The normalized spacial score (nSPS) is 12.0. The lowest BCUT2D eigenvalue weighted by Crippen LogP contribution is -2.08. The Morgan fingerprint density at radius 1 is 1.31 bits per heavy atom. The number of benzene rings is 1. The zero-order valence-electron chi connectivity index (χ0n) is 14.1. The molecule has 0 radical (unpaired) electrons. The van der Waals surface area contributed by atoms with Gasteiger partial charge in [-0.2, -0.15) is 0 Å². The topological polar surface area (TPSA) is 61.3 Å². The van der Waals surface area contributed by atoms with Gasteiger partial charge in [0.15, 0.2) is 17.3 Å². The van der Waals surface area contributed by atoms with Gasteiger partial charge >= 0.3 is 0 Å². The largest absolute Gasteiger partial charge is 0.480 e. The molecule has 0 N–H and O–H groups in total. The summed E-state index contributed by atoms with van der Waals surface area (Å²) in [5.41, 5.74) is 0.108. The van der Waals surface area contributed by atoms with E-state index in [0.29, 0.717) is 15.9 Å². The summed E-state index contributed by atoms with van der Waals surface area (Å²) in [5, 5.41) is 2.98. The Labute approximate surface area is 156 Å². The van der Waals surface area contributed by atoms with E-state index in [0.717, 1.165) is 23.9 Å². The Morgan fingerprint density at radius 2 is 2.08 bits per heavy atom. The van der Waals surface area contributed by atoms with Crippen LogP contribution in [0, 0.1) is 11.6 Å². The van der Waals surface area contributed by atoms with Gasteiger partial charge in [-0.25, -0.2) is 18.7 Å². The lowest BCUT2D eigenvalue weighted by atomic mass is 10.1. The van der Waals surface area contributed by atoms with E-state index in [1.807, 2.05) is 5.38 Å². The van der Waals surface area contributed by atoms with Crippen LogP contribution < -0.4 is 9.47 Å². The summed E-state index contributed by atoms with van der Waals surface area (Å²) in [5.74, 6) is -2.81. The predicted octanol–water partition coefficient (Wildman–Crippen LogP) is 4.90. The third kappa shape index (κ3) is 3.58. The van der Waals surface area contributed by atoms with Crippen LogP contribution >= 0.6 is 22.7 Å². The Morgan fingerprint density at radius 3 is 2.73 bits per heavy atom. The molecule has 0 spiro atoms. The predicted molar refractivity (Wildman–Crippen MR) is 95.2 cm³/mol. The molecular weight excluding hydrogens is 382 g/mol. The van der Waals surface area contributed by atoms with Crippen molar-refractivity contribution in [3.8, 4) is 21.5 Å². The SMILES string of the molecule is COc1ncc(-c2csc(C(C)Oc3ccc(F)c(C(C)=O)c3F)n2)s1. The zero-order valence-corrected chi connectivity index (χ0v) is 15.7. The summed E-state index contributed by atoms with van der Waals surface area (Å²) in [6.45, 7) is 2.80. The number of Topliss-reactive ketones (excluding diaryl/α,β-unsaturated/α-hetero) is 1. The van der Waals surface area contributed by atoms with Gasteiger partial charge in [-0.1, -0.05) is 11.3 Å². The van der Waals surface area contributed by atoms with Crippen LogP contribution in [0.15, 0.2) is 23.7 Å². The maximum absolute atomic E-state index is 14.3. The van der Waals surface area contributed by atoms with Crippen LogP contribution in [-0.4, -0.2) is 22.9 Å². The third-order valence-electron chi connectivity index (χ3n) is 3.49. The maximum atomic E-state index is 14.3. The van der Waals surface area contributed by atoms with E-state index in [9.17, 15) is 13.6 Å². The summed E-state index contributed by atoms with van der Waals surface area (Å²) in [6, 6.07) is 2.18. The molecule has 0 aliphatic carbocycles. The highest BCUT2D eigenvalue weighted by atomic mass is 32.1. The number of ketones is 1. The van der Waals surface area contributed by atoms with E-state index >= 15 is 0 Å². The highest BCUT2D eigenvalue weighted by molar-refractivity contribution is 7.17. The minimum atomic E-state index is -1.01. The van der Waals surface area contributed by atoms with E-state index in [4.69, 9.17) is 9.47 Å². The van der Waals surface area contributed by atoms with Crippen molar-refractivity contribution in [2.24, 2.45) is 0 Å². The quantitative estimate of drug-likeness (QED) is 0.555. The monoisotopic (exact) mass is 396 g/mol. The summed E-state index contributed by atoms with van der Waals surface area (Å²) >= 11 is 2.70. The number of hydrogen-bond donors (Lipinski definition) is 0. The van der Waals surface area contributed by atoms with Gasteiger partial charge in [-0.05, 0) is 26.0 Å². The molecule has 0 saturated heterocycles. The van der Waals surface area contributed by atoms with E-state index in [2.05, 4.69) is 9.97 Å². The molecule has 1 atom stereocenters. The number of halogens is 2. The number of aromatic nitrogens is 2. The number of thiazole rings is 2. The van der Waals surface area contributed by atoms with Gasteiger partial charge < -0.3 is 9.47 Å². The second-order valence-corrected chi connectivity index (χ2v) is 7.20. The van der Waals surface area contributed by atoms with Crippen LogP contribution in [0.25, 0.3) is 10.6 Å². The van der Waals surface area contributed by atoms with Crippen molar-refractivity contribution >= 4 is 28.5 Å². The van der Waals surface area contributed by atoms with Crippen molar-refractivity contribution in [3.63, 3.8) is 0 Å². The molecule has 0 aliphatic heterocycles. The first-order valence-electron chi connectivity index (χ1n) is 7.52. The number of ether oxygens (including phenoxy) is 2. The molecule has 136 valence electrons. The van der Waals surface area contributed by atoms with Crippen molar-refractivity contribution in [2.75, 3.05) is 7.11 Å². The van der Waals surface area contributed by atoms with Crippen molar-refractivity contribution in [1.29, 1.82) is 0 Å². The number of methoxy groups -OCH3 is 1. The van der Waals surface area contributed by atoms with Gasteiger partial charge in [0.2, 0.25) is 0 Å². The molecule has 0 fully saturated rings.